The number of nitrogens with one attached hydrogen (secondary N) is 1. The quantitative estimate of drug-likeness (QED) is 0.290. The molecule has 1 aliphatic rings. The summed E-state index contributed by atoms with van der Waals surface area (Å²) < 4.78 is 6.39. The summed E-state index contributed by atoms with van der Waals surface area (Å²) >= 11 is 0. The Balaban J connectivity index is 0.00000320. The summed E-state index contributed by atoms with van der Waals surface area (Å²) in [5.41, 5.74) is 9.19. The topological polar surface area (TPSA) is 126 Å². The number of rotatable bonds is 5. The molecule has 2 unspecified atom stereocenters. The van der Waals surface area contributed by atoms with E-state index in [9.17, 15) is 9.90 Å². The van der Waals surface area contributed by atoms with Crippen molar-refractivity contribution in [3.05, 3.63) is 66.5 Å². The van der Waals surface area contributed by atoms with Gasteiger partial charge in [0.25, 0.3) is 0 Å². The molecule has 4 N–H and O–H groups in total. The van der Waals surface area contributed by atoms with Gasteiger partial charge in [-0.05, 0) is 49.1 Å². The number of carbonyl (C=O) groups is 1. The normalized spacial score (nSPS) is 17.2. The number of piperidine rings is 1. The van der Waals surface area contributed by atoms with Crippen molar-refractivity contribution >= 4 is 40.9 Å². The SMILES string of the molecule is Cc1ccc2c(N)cccc2c1Oc1ncccc1-c1ccnc(NC2CC(C)CN(C(=O)O)C2)n1.Cl. The van der Waals surface area contributed by atoms with Crippen LogP contribution in [0.1, 0.15) is 18.9 Å². The number of halogens is 1. The predicted octanol–water partition coefficient (Wildman–Crippen LogP) is 5.60. The summed E-state index contributed by atoms with van der Waals surface area (Å²) in [5.74, 6) is 1.79. The monoisotopic (exact) mass is 520 g/mol. The van der Waals surface area contributed by atoms with E-state index in [0.29, 0.717) is 47.6 Å². The maximum atomic E-state index is 11.5. The summed E-state index contributed by atoms with van der Waals surface area (Å²) in [6.07, 6.45) is 3.28. The average Bonchev–Trinajstić information content (AvgIpc) is 2.86. The lowest BCUT2D eigenvalue weighted by atomic mass is 9.96. The predicted molar refractivity (Wildman–Crippen MR) is 146 cm³/mol. The number of amides is 1. The number of nitrogens with two attached hydrogens (primary N) is 1. The highest BCUT2D eigenvalue weighted by molar-refractivity contribution is 5.97. The number of aryl methyl sites for hydroxylation is 1. The van der Waals surface area contributed by atoms with E-state index in [1.165, 1.54) is 4.90 Å². The number of hydrogen-bond donors (Lipinski definition) is 3. The van der Waals surface area contributed by atoms with Crippen LogP contribution in [0, 0.1) is 12.8 Å². The first-order valence-electron chi connectivity index (χ1n) is 11.9. The van der Waals surface area contributed by atoms with Crippen molar-refractivity contribution in [1.29, 1.82) is 0 Å². The fraction of sp³-hybridized carbons (Fsp3) is 0.259. The molecule has 5 rings (SSSR count). The van der Waals surface area contributed by atoms with E-state index >= 15 is 0 Å². The number of carboxylic acid groups (broad SMARTS) is 1. The van der Waals surface area contributed by atoms with Gasteiger partial charge in [0.15, 0.2) is 0 Å². The number of anilines is 2. The number of benzene rings is 2. The number of ether oxygens (including phenoxy) is 1. The first kappa shape index (κ1) is 26.0. The Hall–Kier alpha value is -4.11. The van der Waals surface area contributed by atoms with Gasteiger partial charge < -0.3 is 25.8 Å². The van der Waals surface area contributed by atoms with Crippen molar-refractivity contribution in [2.24, 2.45) is 5.92 Å². The van der Waals surface area contributed by atoms with E-state index < -0.39 is 6.09 Å². The van der Waals surface area contributed by atoms with Crippen LogP contribution >= 0.6 is 12.4 Å². The Labute approximate surface area is 221 Å². The Bertz CT molecular complexity index is 1430. The summed E-state index contributed by atoms with van der Waals surface area (Å²) in [4.78, 5) is 26.5. The van der Waals surface area contributed by atoms with Crippen molar-refractivity contribution < 1.29 is 14.6 Å². The number of nitrogen functional groups attached to an aromatic ring is 1. The number of pyridine rings is 1. The molecule has 0 saturated carbocycles. The molecule has 2 aromatic heterocycles. The van der Waals surface area contributed by atoms with E-state index in [2.05, 4.69) is 15.3 Å². The van der Waals surface area contributed by atoms with E-state index in [1.54, 1.807) is 18.5 Å². The first-order valence-corrected chi connectivity index (χ1v) is 11.9. The van der Waals surface area contributed by atoms with Crippen molar-refractivity contribution in [3.8, 4) is 22.9 Å². The minimum absolute atomic E-state index is 0. The summed E-state index contributed by atoms with van der Waals surface area (Å²) in [6, 6.07) is 15.2. The summed E-state index contributed by atoms with van der Waals surface area (Å²) in [7, 11) is 0. The van der Waals surface area contributed by atoms with Crippen molar-refractivity contribution in [3.63, 3.8) is 0 Å². The molecule has 192 valence electrons. The molecule has 1 aliphatic heterocycles. The molecule has 0 bridgehead atoms. The van der Waals surface area contributed by atoms with Crippen LogP contribution in [0.2, 0.25) is 0 Å². The van der Waals surface area contributed by atoms with Crippen LogP contribution in [0.15, 0.2) is 60.9 Å². The molecule has 1 amide bonds. The van der Waals surface area contributed by atoms with E-state index in [4.69, 9.17) is 15.5 Å². The average molecular weight is 521 g/mol. The van der Waals surface area contributed by atoms with Crippen LogP contribution in [-0.4, -0.2) is 50.2 Å². The van der Waals surface area contributed by atoms with Gasteiger partial charge in [-0.15, -0.1) is 12.4 Å². The van der Waals surface area contributed by atoms with E-state index in [0.717, 1.165) is 22.8 Å². The zero-order valence-corrected chi connectivity index (χ0v) is 21.4. The number of fused-ring (bicyclic) bond motifs is 1. The number of hydrogen-bond acceptors (Lipinski definition) is 7. The van der Waals surface area contributed by atoms with Crippen molar-refractivity contribution in [1.82, 2.24) is 19.9 Å². The Kier molecular flexibility index (Phi) is 7.63. The summed E-state index contributed by atoms with van der Waals surface area (Å²) in [5, 5.41) is 14.6. The van der Waals surface area contributed by atoms with Crippen LogP contribution < -0.4 is 15.8 Å². The fourth-order valence-corrected chi connectivity index (χ4v) is 4.74. The largest absolute Gasteiger partial charge is 0.465 e. The molecule has 1 saturated heterocycles. The molecule has 4 aromatic rings. The molecule has 2 atom stereocenters. The van der Waals surface area contributed by atoms with E-state index in [1.807, 2.05) is 56.3 Å². The second-order valence-electron chi connectivity index (χ2n) is 9.25. The molecule has 10 heteroatoms. The highest BCUT2D eigenvalue weighted by Gasteiger charge is 2.28. The molecule has 0 radical (unpaired) electrons. The van der Waals surface area contributed by atoms with Crippen LogP contribution in [-0.2, 0) is 0 Å². The first-order chi connectivity index (χ1) is 17.4. The highest BCUT2D eigenvalue weighted by Crippen LogP contribution is 2.38. The van der Waals surface area contributed by atoms with Gasteiger partial charge >= 0.3 is 6.09 Å². The van der Waals surface area contributed by atoms with Crippen LogP contribution in [0.3, 0.4) is 0 Å². The van der Waals surface area contributed by atoms with Crippen molar-refractivity contribution in [2.75, 3.05) is 24.1 Å². The van der Waals surface area contributed by atoms with Gasteiger partial charge in [0, 0.05) is 48.0 Å². The third-order valence-corrected chi connectivity index (χ3v) is 6.41. The van der Waals surface area contributed by atoms with Gasteiger partial charge in [-0.2, -0.15) is 0 Å². The van der Waals surface area contributed by atoms with Gasteiger partial charge in [0.05, 0.1) is 11.3 Å². The highest BCUT2D eigenvalue weighted by atomic mass is 35.5. The lowest BCUT2D eigenvalue weighted by Crippen LogP contribution is -2.47. The maximum absolute atomic E-state index is 11.5. The molecular weight excluding hydrogens is 492 g/mol. The molecule has 0 spiro atoms. The summed E-state index contributed by atoms with van der Waals surface area (Å²) in [6.45, 7) is 4.95. The lowest BCUT2D eigenvalue weighted by molar-refractivity contribution is 0.119. The minimum atomic E-state index is -0.911. The smallest absolute Gasteiger partial charge is 0.407 e. The molecule has 37 heavy (non-hydrogen) atoms. The molecule has 2 aromatic carbocycles. The Morgan fingerprint density at radius 3 is 2.73 bits per heavy atom. The number of nitrogens with zero attached hydrogens (tertiary/aromatic N) is 4. The second-order valence-corrected chi connectivity index (χ2v) is 9.25. The van der Waals surface area contributed by atoms with Gasteiger partial charge in [0.2, 0.25) is 11.8 Å². The number of likely N-dealkylation sites (tertiary alicyclic amines) is 1. The van der Waals surface area contributed by atoms with Gasteiger partial charge in [0.1, 0.15) is 5.75 Å². The lowest BCUT2D eigenvalue weighted by Gasteiger charge is -2.35. The van der Waals surface area contributed by atoms with Gasteiger partial charge in [-0.25, -0.2) is 19.7 Å². The standard InChI is InChI=1S/C27H28N6O3.ClH/c1-16-13-18(15-33(14-16)27(34)35)31-26-30-12-10-23(32-26)21-6-4-11-29-25(21)36-24-17(2)8-9-19-20(24)5-3-7-22(19)28;/h3-12,16,18H,13-15,28H2,1-2H3,(H,34,35)(H,30,31,32);1H. The van der Waals surface area contributed by atoms with Gasteiger partial charge in [-0.3, -0.25) is 0 Å². The Morgan fingerprint density at radius 1 is 1.08 bits per heavy atom. The van der Waals surface area contributed by atoms with Gasteiger partial charge in [-0.1, -0.05) is 31.2 Å². The van der Waals surface area contributed by atoms with E-state index in [-0.39, 0.29) is 24.4 Å². The zero-order valence-electron chi connectivity index (χ0n) is 20.6. The third kappa shape index (κ3) is 5.51. The maximum Gasteiger partial charge on any atom is 0.407 e. The van der Waals surface area contributed by atoms with Crippen LogP contribution in [0.5, 0.6) is 11.6 Å². The van der Waals surface area contributed by atoms with Crippen LogP contribution in [0.4, 0.5) is 16.4 Å². The number of aromatic nitrogens is 3. The minimum Gasteiger partial charge on any atom is -0.465 e. The molecule has 1 fully saturated rings. The van der Waals surface area contributed by atoms with Crippen molar-refractivity contribution in [2.45, 2.75) is 26.3 Å². The molecule has 3 heterocycles. The Morgan fingerprint density at radius 2 is 1.92 bits per heavy atom. The second kappa shape index (κ2) is 10.9. The molecular formula is C27H29ClN6O3. The zero-order chi connectivity index (χ0) is 25.2. The molecule has 9 nitrogen and oxygen atoms in total. The third-order valence-electron chi connectivity index (χ3n) is 6.41. The molecule has 0 aliphatic carbocycles. The fourth-order valence-electron chi connectivity index (χ4n) is 4.74. The van der Waals surface area contributed by atoms with Crippen LogP contribution in [0.25, 0.3) is 22.0 Å².